The van der Waals surface area contributed by atoms with Gasteiger partial charge in [0.25, 0.3) is 0 Å². The minimum Gasteiger partial charge on any atom is -0.480 e. The van der Waals surface area contributed by atoms with Crippen LogP contribution in [0.3, 0.4) is 0 Å². The zero-order valence-corrected chi connectivity index (χ0v) is 21.3. The summed E-state index contributed by atoms with van der Waals surface area (Å²) in [5.41, 5.74) is 3.47. The number of pyridine rings is 1. The highest BCUT2D eigenvalue weighted by molar-refractivity contribution is 5.76. The van der Waals surface area contributed by atoms with Crippen molar-refractivity contribution in [2.45, 2.75) is 76.1 Å². The van der Waals surface area contributed by atoms with E-state index in [2.05, 4.69) is 17.4 Å². The van der Waals surface area contributed by atoms with Crippen molar-refractivity contribution in [3.8, 4) is 0 Å². The molecule has 200 valence electrons. The van der Waals surface area contributed by atoms with Gasteiger partial charge < -0.3 is 15.2 Å². The van der Waals surface area contributed by atoms with E-state index in [1.54, 1.807) is 11.0 Å². The van der Waals surface area contributed by atoms with Crippen molar-refractivity contribution in [3.63, 3.8) is 0 Å². The van der Waals surface area contributed by atoms with Crippen molar-refractivity contribution >= 4 is 11.8 Å². The number of ether oxygens (including phenoxy) is 1. The number of hydrogen-bond acceptors (Lipinski definition) is 5. The summed E-state index contributed by atoms with van der Waals surface area (Å²) in [7, 11) is 0. The van der Waals surface area contributed by atoms with Crippen LogP contribution in [0.15, 0.2) is 30.3 Å². The maximum Gasteiger partial charge on any atom is 0.325 e. The van der Waals surface area contributed by atoms with Crippen LogP contribution in [0.5, 0.6) is 0 Å². The van der Waals surface area contributed by atoms with Gasteiger partial charge in [0.05, 0.1) is 6.10 Å². The fourth-order valence-electron chi connectivity index (χ4n) is 6.12. The van der Waals surface area contributed by atoms with Crippen LogP contribution in [0.2, 0.25) is 0 Å². The Morgan fingerprint density at radius 2 is 2.11 bits per heavy atom. The summed E-state index contributed by atoms with van der Waals surface area (Å²) in [6.45, 7) is 2.42. The maximum atomic E-state index is 15.2. The third-order valence-electron chi connectivity index (χ3n) is 8.10. The van der Waals surface area contributed by atoms with E-state index in [-0.39, 0.29) is 12.0 Å². The lowest BCUT2D eigenvalue weighted by atomic mass is 9.94. The number of aryl methyl sites for hydroxylation is 2. The van der Waals surface area contributed by atoms with Crippen LogP contribution in [-0.2, 0) is 22.4 Å². The van der Waals surface area contributed by atoms with Gasteiger partial charge in [-0.3, -0.25) is 9.69 Å². The smallest absolute Gasteiger partial charge is 0.325 e. The number of carbonyl (C=O) groups is 1. The molecule has 4 heterocycles. The molecule has 2 saturated heterocycles. The van der Waals surface area contributed by atoms with Gasteiger partial charge in [0.1, 0.15) is 23.8 Å². The van der Waals surface area contributed by atoms with Crippen LogP contribution >= 0.6 is 0 Å². The number of alkyl halides is 1. The van der Waals surface area contributed by atoms with Crippen LogP contribution in [0.4, 0.5) is 14.6 Å². The molecule has 3 unspecified atom stereocenters. The molecule has 8 heteroatoms. The van der Waals surface area contributed by atoms with Gasteiger partial charge in [-0.1, -0.05) is 18.6 Å². The lowest BCUT2D eigenvalue weighted by molar-refractivity contribution is -0.143. The van der Waals surface area contributed by atoms with Gasteiger partial charge in [-0.15, -0.1) is 0 Å². The van der Waals surface area contributed by atoms with Gasteiger partial charge in [-0.25, -0.2) is 13.8 Å². The minimum atomic E-state index is -1.03. The van der Waals surface area contributed by atoms with Gasteiger partial charge >= 0.3 is 5.97 Å². The number of nitrogens with one attached hydrogen (secondary N) is 1. The summed E-state index contributed by atoms with van der Waals surface area (Å²) in [5.74, 6) is -0.723. The van der Waals surface area contributed by atoms with Gasteiger partial charge in [0.15, 0.2) is 0 Å². The van der Waals surface area contributed by atoms with E-state index in [1.165, 1.54) is 17.7 Å². The van der Waals surface area contributed by atoms with E-state index in [0.717, 1.165) is 68.6 Å². The SMILES string of the molecule is O=C(O)C(c1cc(F)ccc1C1CCCO1)N1CC[C@@H](C(F)CCCCc2ccc3c(n2)NCCC3)C1. The quantitative estimate of drug-likeness (QED) is 0.401. The van der Waals surface area contributed by atoms with Gasteiger partial charge in [0.2, 0.25) is 0 Å². The molecule has 0 spiro atoms. The second-order valence-corrected chi connectivity index (χ2v) is 10.7. The van der Waals surface area contributed by atoms with Crippen molar-refractivity contribution in [2.75, 3.05) is 31.6 Å². The predicted molar refractivity (Wildman–Crippen MR) is 138 cm³/mol. The van der Waals surface area contributed by atoms with E-state index in [9.17, 15) is 14.3 Å². The molecule has 2 aromatic rings. The third kappa shape index (κ3) is 6.12. The molecule has 2 N–H and O–H groups in total. The molecular weight excluding hydrogens is 476 g/mol. The average Bonchev–Trinajstić information content (AvgIpc) is 3.60. The lowest BCUT2D eigenvalue weighted by Gasteiger charge is -2.28. The van der Waals surface area contributed by atoms with Crippen molar-refractivity contribution in [1.82, 2.24) is 9.88 Å². The molecule has 0 bridgehead atoms. The van der Waals surface area contributed by atoms with Crippen molar-refractivity contribution in [2.24, 2.45) is 5.92 Å². The fourth-order valence-corrected chi connectivity index (χ4v) is 6.12. The molecule has 4 atom stereocenters. The first-order valence-corrected chi connectivity index (χ1v) is 13.7. The first-order chi connectivity index (χ1) is 18.0. The number of benzene rings is 1. The molecule has 3 aliphatic heterocycles. The van der Waals surface area contributed by atoms with Crippen LogP contribution in [0, 0.1) is 11.7 Å². The number of aromatic nitrogens is 1. The standard InChI is InChI=1S/C29H37F2N3O3/c30-21-10-12-23(26-8-4-16-37-26)24(17-21)27(29(35)36)34-15-13-20(18-34)25(31)7-2-1-6-22-11-9-19-5-3-14-32-28(19)33-22/h9-12,17,20,25-27H,1-8,13-16,18H2,(H,32,33)(H,35,36)/t20-,25?,26?,27?/m1/s1. The number of fused-ring (bicyclic) bond motifs is 1. The van der Waals surface area contributed by atoms with Crippen LogP contribution < -0.4 is 5.32 Å². The number of halogens is 2. The first-order valence-electron chi connectivity index (χ1n) is 13.7. The summed E-state index contributed by atoms with van der Waals surface area (Å²) < 4.78 is 35.2. The summed E-state index contributed by atoms with van der Waals surface area (Å²) in [6.07, 6.45) is 6.21. The highest BCUT2D eigenvalue weighted by Crippen LogP contribution is 2.38. The molecule has 1 aromatic heterocycles. The molecule has 2 fully saturated rings. The Morgan fingerprint density at radius 3 is 2.92 bits per heavy atom. The Morgan fingerprint density at radius 1 is 1.22 bits per heavy atom. The van der Waals surface area contributed by atoms with Crippen LogP contribution in [-0.4, -0.2) is 53.4 Å². The molecular formula is C29H37F2N3O3. The number of rotatable bonds is 10. The van der Waals surface area contributed by atoms with E-state index in [0.29, 0.717) is 38.1 Å². The topological polar surface area (TPSA) is 74.7 Å². The second kappa shape index (κ2) is 11.9. The highest BCUT2D eigenvalue weighted by Gasteiger charge is 2.38. The average molecular weight is 514 g/mol. The minimum absolute atomic E-state index is 0.215. The second-order valence-electron chi connectivity index (χ2n) is 10.7. The fraction of sp³-hybridized carbons (Fsp3) is 0.586. The summed E-state index contributed by atoms with van der Waals surface area (Å²) >= 11 is 0. The molecule has 0 aliphatic carbocycles. The summed E-state index contributed by atoms with van der Waals surface area (Å²) in [6, 6.07) is 7.56. The van der Waals surface area contributed by atoms with Crippen LogP contribution in [0.25, 0.3) is 0 Å². The van der Waals surface area contributed by atoms with Crippen molar-refractivity contribution < 1.29 is 23.4 Å². The number of nitrogens with zero attached hydrogens (tertiary/aromatic N) is 2. The Kier molecular flexibility index (Phi) is 8.35. The molecule has 0 amide bonds. The molecule has 5 rings (SSSR count). The van der Waals surface area contributed by atoms with E-state index >= 15 is 4.39 Å². The van der Waals surface area contributed by atoms with Gasteiger partial charge in [-0.05, 0) is 92.8 Å². The zero-order valence-electron chi connectivity index (χ0n) is 21.3. The summed E-state index contributed by atoms with van der Waals surface area (Å²) in [5, 5.41) is 13.5. The normalized spacial score (nSPS) is 23.4. The first kappa shape index (κ1) is 26.0. The number of unbranched alkanes of at least 4 members (excludes halogenated alkanes) is 1. The Hall–Kier alpha value is -2.58. The predicted octanol–water partition coefficient (Wildman–Crippen LogP) is 5.63. The Bertz CT molecular complexity index is 1090. The number of carboxylic acids is 1. The molecule has 37 heavy (non-hydrogen) atoms. The molecule has 6 nitrogen and oxygen atoms in total. The zero-order chi connectivity index (χ0) is 25.8. The van der Waals surface area contributed by atoms with Crippen LogP contribution in [0.1, 0.15) is 79.5 Å². The van der Waals surface area contributed by atoms with Gasteiger partial charge in [-0.2, -0.15) is 0 Å². The number of aliphatic carboxylic acids is 1. The number of hydrogen-bond donors (Lipinski definition) is 2. The largest absolute Gasteiger partial charge is 0.480 e. The van der Waals surface area contributed by atoms with Crippen molar-refractivity contribution in [3.05, 3.63) is 58.5 Å². The lowest BCUT2D eigenvalue weighted by Crippen LogP contribution is -2.34. The number of carboxylic acid groups (broad SMARTS) is 1. The van der Waals surface area contributed by atoms with E-state index in [4.69, 9.17) is 9.72 Å². The van der Waals surface area contributed by atoms with E-state index < -0.39 is 24.0 Å². The molecule has 1 aromatic carbocycles. The monoisotopic (exact) mass is 513 g/mol. The Balaban J connectivity index is 1.16. The molecule has 0 radical (unpaired) electrons. The highest BCUT2D eigenvalue weighted by atomic mass is 19.1. The summed E-state index contributed by atoms with van der Waals surface area (Å²) in [4.78, 5) is 18.9. The molecule has 3 aliphatic rings. The molecule has 0 saturated carbocycles. The van der Waals surface area contributed by atoms with Crippen molar-refractivity contribution in [1.29, 1.82) is 0 Å². The van der Waals surface area contributed by atoms with E-state index in [1.807, 2.05) is 0 Å². The number of anilines is 1. The van der Waals surface area contributed by atoms with Gasteiger partial charge in [0, 0.05) is 31.3 Å². The number of likely N-dealkylation sites (tertiary alicyclic amines) is 1. The Labute approximate surface area is 217 Å². The maximum absolute atomic E-state index is 15.2. The third-order valence-corrected chi connectivity index (χ3v) is 8.10.